The minimum absolute atomic E-state index is 0.363. The molecule has 88 valence electrons. The first kappa shape index (κ1) is 13.1. The van der Waals surface area contributed by atoms with Crippen LogP contribution in [-0.2, 0) is 9.53 Å². The second-order valence-electron chi connectivity index (χ2n) is 3.49. The Kier molecular flexibility index (Phi) is 5.35. The molecule has 1 rings (SSSR count). The quantitative estimate of drug-likeness (QED) is 0.631. The van der Waals surface area contributed by atoms with Gasteiger partial charge in [0.25, 0.3) is 0 Å². The molecule has 1 aromatic carbocycles. The van der Waals surface area contributed by atoms with Gasteiger partial charge < -0.3 is 9.84 Å². The Hall–Kier alpha value is -1.00. The Morgan fingerprint density at radius 3 is 2.56 bits per heavy atom. The van der Waals surface area contributed by atoms with Crippen LogP contribution in [0.3, 0.4) is 0 Å². The Labute approximate surface area is 99.8 Å². The van der Waals surface area contributed by atoms with Crippen LogP contribution >= 0.6 is 11.8 Å². The number of rotatable bonds is 5. The van der Waals surface area contributed by atoms with Gasteiger partial charge in [0.05, 0.1) is 19.1 Å². The summed E-state index contributed by atoms with van der Waals surface area (Å²) in [5.41, 5.74) is 0. The summed E-state index contributed by atoms with van der Waals surface area (Å²) in [4.78, 5) is 12.5. The van der Waals surface area contributed by atoms with Crippen LogP contribution < -0.4 is 0 Å². The van der Waals surface area contributed by atoms with Crippen molar-refractivity contribution in [3.63, 3.8) is 0 Å². The molecule has 0 heterocycles. The standard InChI is InChI=1S/C12H16O3S/c1-9(13)11(12(14)15-2)8-16-10-6-4-3-5-7-10/h3-7,9,11,13H,8H2,1-2H3/t9-,11-/m1/s1. The third-order valence-corrected chi connectivity index (χ3v) is 3.39. The van der Waals surface area contributed by atoms with Gasteiger partial charge >= 0.3 is 5.97 Å². The number of aliphatic hydroxyl groups excluding tert-OH is 1. The van der Waals surface area contributed by atoms with Crippen molar-refractivity contribution < 1.29 is 14.6 Å². The number of benzene rings is 1. The van der Waals surface area contributed by atoms with Crippen molar-refractivity contribution in [3.05, 3.63) is 30.3 Å². The first-order valence-electron chi connectivity index (χ1n) is 5.09. The first-order valence-corrected chi connectivity index (χ1v) is 6.07. The molecular formula is C12H16O3S. The number of carbonyl (C=O) groups is 1. The molecule has 0 aromatic heterocycles. The molecule has 1 aromatic rings. The van der Waals surface area contributed by atoms with Gasteiger partial charge in [-0.25, -0.2) is 0 Å². The molecule has 0 bridgehead atoms. The molecule has 0 aliphatic rings. The van der Waals surface area contributed by atoms with Crippen LogP contribution in [0.25, 0.3) is 0 Å². The number of ether oxygens (including phenoxy) is 1. The van der Waals surface area contributed by atoms with Crippen LogP contribution in [0.15, 0.2) is 35.2 Å². The first-order chi connectivity index (χ1) is 7.65. The van der Waals surface area contributed by atoms with E-state index in [2.05, 4.69) is 4.74 Å². The van der Waals surface area contributed by atoms with Crippen molar-refractivity contribution in [1.29, 1.82) is 0 Å². The number of hydrogen-bond donors (Lipinski definition) is 1. The van der Waals surface area contributed by atoms with Crippen molar-refractivity contribution in [2.24, 2.45) is 5.92 Å². The lowest BCUT2D eigenvalue weighted by Gasteiger charge is -2.16. The van der Waals surface area contributed by atoms with Gasteiger partial charge in [-0.3, -0.25) is 4.79 Å². The number of esters is 1. The molecule has 0 aliphatic carbocycles. The van der Waals surface area contributed by atoms with Gasteiger partial charge in [0.2, 0.25) is 0 Å². The topological polar surface area (TPSA) is 46.5 Å². The lowest BCUT2D eigenvalue weighted by Crippen LogP contribution is -2.29. The van der Waals surface area contributed by atoms with Gasteiger partial charge in [-0.15, -0.1) is 11.8 Å². The van der Waals surface area contributed by atoms with Gasteiger partial charge in [0.1, 0.15) is 0 Å². The van der Waals surface area contributed by atoms with E-state index in [0.29, 0.717) is 5.75 Å². The highest BCUT2D eigenvalue weighted by molar-refractivity contribution is 7.99. The molecule has 1 N–H and O–H groups in total. The third-order valence-electron chi connectivity index (χ3n) is 2.26. The van der Waals surface area contributed by atoms with E-state index in [9.17, 15) is 9.90 Å². The van der Waals surface area contributed by atoms with E-state index >= 15 is 0 Å². The van der Waals surface area contributed by atoms with Crippen LogP contribution in [0.5, 0.6) is 0 Å². The molecule has 0 saturated carbocycles. The zero-order chi connectivity index (χ0) is 12.0. The summed E-state index contributed by atoms with van der Waals surface area (Å²) >= 11 is 1.54. The number of carbonyl (C=O) groups excluding carboxylic acids is 1. The highest BCUT2D eigenvalue weighted by atomic mass is 32.2. The Morgan fingerprint density at radius 2 is 2.06 bits per heavy atom. The molecule has 0 saturated heterocycles. The van der Waals surface area contributed by atoms with Crippen LogP contribution in [0.2, 0.25) is 0 Å². The second-order valence-corrected chi connectivity index (χ2v) is 4.59. The molecule has 0 fully saturated rings. The summed E-state index contributed by atoms with van der Waals surface area (Å²) in [6.07, 6.45) is -0.691. The van der Waals surface area contributed by atoms with Gasteiger partial charge in [0, 0.05) is 10.6 Å². The maximum Gasteiger partial charge on any atom is 0.312 e. The Bertz CT molecular complexity index is 324. The third kappa shape index (κ3) is 3.87. The average molecular weight is 240 g/mol. The molecule has 0 spiro atoms. The van der Waals surface area contributed by atoms with Crippen molar-refractivity contribution in [3.8, 4) is 0 Å². The molecular weight excluding hydrogens is 224 g/mol. The summed E-state index contributed by atoms with van der Waals surface area (Å²) in [6, 6.07) is 9.77. The zero-order valence-corrected chi connectivity index (χ0v) is 10.2. The van der Waals surface area contributed by atoms with E-state index in [1.807, 2.05) is 30.3 Å². The number of thioether (sulfide) groups is 1. The summed E-state index contributed by atoms with van der Waals surface area (Å²) in [5.74, 6) is -0.317. The van der Waals surface area contributed by atoms with Crippen molar-refractivity contribution >= 4 is 17.7 Å². The molecule has 0 amide bonds. The van der Waals surface area contributed by atoms with E-state index in [0.717, 1.165) is 4.90 Å². The van der Waals surface area contributed by atoms with E-state index in [1.54, 1.807) is 6.92 Å². The van der Waals surface area contributed by atoms with Gasteiger partial charge in [-0.05, 0) is 19.1 Å². The maximum atomic E-state index is 11.4. The van der Waals surface area contributed by atoms with Gasteiger partial charge in [0.15, 0.2) is 0 Å². The minimum atomic E-state index is -0.691. The molecule has 0 unspecified atom stereocenters. The Balaban J connectivity index is 2.54. The maximum absolute atomic E-state index is 11.4. The molecule has 3 nitrogen and oxygen atoms in total. The highest BCUT2D eigenvalue weighted by Gasteiger charge is 2.24. The molecule has 0 radical (unpaired) electrons. The summed E-state index contributed by atoms with van der Waals surface area (Å²) in [7, 11) is 1.34. The Morgan fingerprint density at radius 1 is 1.44 bits per heavy atom. The summed E-state index contributed by atoms with van der Waals surface area (Å²) < 4.78 is 4.65. The summed E-state index contributed by atoms with van der Waals surface area (Å²) in [5, 5.41) is 9.48. The highest BCUT2D eigenvalue weighted by Crippen LogP contribution is 2.22. The van der Waals surface area contributed by atoms with Gasteiger partial charge in [-0.2, -0.15) is 0 Å². The monoisotopic (exact) mass is 240 g/mol. The predicted octanol–water partition coefficient (Wildman–Crippen LogP) is 1.95. The molecule has 2 atom stereocenters. The average Bonchev–Trinajstić information content (AvgIpc) is 2.30. The smallest absolute Gasteiger partial charge is 0.312 e. The zero-order valence-electron chi connectivity index (χ0n) is 9.42. The van der Waals surface area contributed by atoms with E-state index < -0.39 is 12.0 Å². The number of methoxy groups -OCH3 is 1. The summed E-state index contributed by atoms with van der Waals surface area (Å²) in [6.45, 7) is 1.60. The number of hydrogen-bond acceptors (Lipinski definition) is 4. The van der Waals surface area contributed by atoms with Crippen LogP contribution in [0.1, 0.15) is 6.92 Å². The fourth-order valence-electron chi connectivity index (χ4n) is 1.26. The second kappa shape index (κ2) is 6.55. The van der Waals surface area contributed by atoms with Crippen LogP contribution in [-0.4, -0.2) is 30.0 Å². The van der Waals surface area contributed by atoms with Crippen LogP contribution in [0.4, 0.5) is 0 Å². The van der Waals surface area contributed by atoms with E-state index in [1.165, 1.54) is 18.9 Å². The lowest BCUT2D eigenvalue weighted by molar-refractivity contribution is -0.147. The van der Waals surface area contributed by atoms with E-state index in [-0.39, 0.29) is 5.97 Å². The lowest BCUT2D eigenvalue weighted by atomic mass is 10.1. The minimum Gasteiger partial charge on any atom is -0.469 e. The van der Waals surface area contributed by atoms with Crippen molar-refractivity contribution in [2.45, 2.75) is 17.9 Å². The van der Waals surface area contributed by atoms with Crippen molar-refractivity contribution in [1.82, 2.24) is 0 Å². The molecule has 4 heteroatoms. The van der Waals surface area contributed by atoms with Gasteiger partial charge in [-0.1, -0.05) is 18.2 Å². The predicted molar refractivity (Wildman–Crippen MR) is 64.4 cm³/mol. The van der Waals surface area contributed by atoms with Crippen molar-refractivity contribution in [2.75, 3.05) is 12.9 Å². The molecule has 16 heavy (non-hydrogen) atoms. The van der Waals surface area contributed by atoms with Crippen LogP contribution in [0, 0.1) is 5.92 Å². The molecule has 0 aliphatic heterocycles. The normalized spacial score (nSPS) is 14.2. The largest absolute Gasteiger partial charge is 0.469 e. The number of aliphatic hydroxyl groups is 1. The van der Waals surface area contributed by atoms with E-state index in [4.69, 9.17) is 0 Å². The SMILES string of the molecule is COC(=O)[C@H](CSc1ccccc1)[C@@H](C)O. The fraction of sp³-hybridized carbons (Fsp3) is 0.417. The fourth-order valence-corrected chi connectivity index (χ4v) is 2.39.